The molecule has 2 aliphatic rings. The molecule has 3 atom stereocenters. The Bertz CT molecular complexity index is 1060. The number of rotatable bonds is 8. The first-order chi connectivity index (χ1) is 17.5. The molecule has 9 nitrogen and oxygen atoms in total. The van der Waals surface area contributed by atoms with Gasteiger partial charge in [-0.05, 0) is 63.8 Å². The van der Waals surface area contributed by atoms with E-state index in [-0.39, 0.29) is 23.6 Å². The maximum atomic E-state index is 13.8. The van der Waals surface area contributed by atoms with Gasteiger partial charge >= 0.3 is 0 Å². The van der Waals surface area contributed by atoms with Gasteiger partial charge in [-0.2, -0.15) is 0 Å². The van der Waals surface area contributed by atoms with E-state index >= 15 is 0 Å². The maximum absolute atomic E-state index is 13.8. The molecule has 9 heteroatoms. The zero-order valence-corrected chi connectivity index (χ0v) is 21.1. The third-order valence-electron chi connectivity index (χ3n) is 7.34. The minimum absolute atomic E-state index is 0.0829. The quantitative estimate of drug-likeness (QED) is 0.522. The molecule has 4 rings (SSSR count). The molecule has 0 spiro atoms. The van der Waals surface area contributed by atoms with Crippen molar-refractivity contribution in [2.75, 3.05) is 18.9 Å². The predicted molar refractivity (Wildman–Crippen MR) is 138 cm³/mol. The lowest BCUT2D eigenvalue weighted by atomic mass is 9.83. The molecule has 3 unspecified atom stereocenters. The smallest absolute Gasteiger partial charge is 0.247 e. The molecule has 36 heavy (non-hydrogen) atoms. The number of benzene rings is 1. The molecule has 0 radical (unpaired) electrons. The van der Waals surface area contributed by atoms with Crippen LogP contribution in [0.2, 0.25) is 0 Å². The van der Waals surface area contributed by atoms with Gasteiger partial charge in [0.25, 0.3) is 0 Å². The number of hydrogen-bond donors (Lipinski definition) is 3. The minimum Gasteiger partial charge on any atom is -0.343 e. The third kappa shape index (κ3) is 5.90. The summed E-state index contributed by atoms with van der Waals surface area (Å²) < 4.78 is 0. The molecule has 1 aliphatic heterocycles. The van der Waals surface area contributed by atoms with Crippen LogP contribution in [0, 0.1) is 5.92 Å². The summed E-state index contributed by atoms with van der Waals surface area (Å²) >= 11 is 0. The number of carbonyl (C=O) groups excluding carboxylic acids is 3. The second-order valence-electron chi connectivity index (χ2n) is 9.69. The third-order valence-corrected chi connectivity index (χ3v) is 7.34. The van der Waals surface area contributed by atoms with Crippen LogP contribution in [0.5, 0.6) is 0 Å². The summed E-state index contributed by atoms with van der Waals surface area (Å²) in [6, 6.07) is 7.52. The zero-order valence-electron chi connectivity index (χ0n) is 21.1. The van der Waals surface area contributed by atoms with Crippen LogP contribution in [-0.2, 0) is 14.4 Å². The summed E-state index contributed by atoms with van der Waals surface area (Å²) in [5.74, 6) is 0.0156. The fourth-order valence-electron chi connectivity index (χ4n) is 5.18. The maximum Gasteiger partial charge on any atom is 0.247 e. The van der Waals surface area contributed by atoms with E-state index < -0.39 is 18.1 Å². The number of anilines is 1. The van der Waals surface area contributed by atoms with E-state index in [2.05, 4.69) is 25.9 Å². The highest BCUT2D eigenvalue weighted by Crippen LogP contribution is 2.30. The molecule has 1 saturated carbocycles. The van der Waals surface area contributed by atoms with Gasteiger partial charge in [0.2, 0.25) is 17.7 Å². The average Bonchev–Trinajstić information content (AvgIpc) is 3.42. The van der Waals surface area contributed by atoms with Crippen LogP contribution in [0.4, 0.5) is 5.69 Å². The molecule has 2 fully saturated rings. The summed E-state index contributed by atoms with van der Waals surface area (Å²) in [6.07, 6.45) is 9.70. The molecule has 1 aromatic carbocycles. The number of para-hydroxylation sites is 1. The van der Waals surface area contributed by atoms with Crippen molar-refractivity contribution in [2.24, 2.45) is 5.92 Å². The number of likely N-dealkylation sites (tertiary alicyclic amines) is 1. The van der Waals surface area contributed by atoms with Crippen LogP contribution < -0.4 is 16.0 Å². The first-order valence-corrected chi connectivity index (χ1v) is 12.9. The molecular formula is C27H36N6O3. The number of hydrogen-bond acceptors (Lipinski definition) is 6. The van der Waals surface area contributed by atoms with E-state index in [1.807, 2.05) is 24.3 Å². The van der Waals surface area contributed by atoms with Crippen molar-refractivity contribution >= 4 is 23.4 Å². The first kappa shape index (κ1) is 25.8. The first-order valence-electron chi connectivity index (χ1n) is 12.9. The lowest BCUT2D eigenvalue weighted by Gasteiger charge is -2.35. The van der Waals surface area contributed by atoms with Crippen LogP contribution in [0.25, 0.3) is 11.4 Å². The summed E-state index contributed by atoms with van der Waals surface area (Å²) in [6.45, 7) is 2.28. The fourth-order valence-corrected chi connectivity index (χ4v) is 5.18. The van der Waals surface area contributed by atoms with E-state index in [1.54, 1.807) is 37.3 Å². The highest BCUT2D eigenvalue weighted by atomic mass is 16.2. The Kier molecular flexibility index (Phi) is 8.64. The number of aromatic nitrogens is 2. The largest absolute Gasteiger partial charge is 0.343 e. The molecular weight excluding hydrogens is 456 g/mol. The molecule has 1 saturated heterocycles. The second kappa shape index (κ2) is 12.1. The van der Waals surface area contributed by atoms with Crippen LogP contribution in [-0.4, -0.2) is 64.3 Å². The summed E-state index contributed by atoms with van der Waals surface area (Å²) in [7, 11) is 1.72. The van der Waals surface area contributed by atoms with Crippen LogP contribution in [0.15, 0.2) is 42.7 Å². The second-order valence-corrected chi connectivity index (χ2v) is 9.69. The van der Waals surface area contributed by atoms with Gasteiger partial charge in [-0.1, -0.05) is 31.4 Å². The Morgan fingerprint density at radius 2 is 1.69 bits per heavy atom. The standard InChI is InChI=1S/C27H36N6O3/c1-18(28-2)25(34)32-23(19-10-4-3-5-11-19)27(36)33-17-8-14-22(33)26(35)31-21-13-7-6-12-20(21)24-29-15-9-16-30-24/h6-7,9,12-13,15-16,18-19,22-23,28H,3-5,8,10-11,14,17H2,1-2H3,(H,31,35)(H,32,34). The van der Waals surface area contributed by atoms with Crippen LogP contribution in [0.3, 0.4) is 0 Å². The summed E-state index contributed by atoms with van der Waals surface area (Å²) in [5.41, 5.74) is 1.32. The minimum atomic E-state index is -0.619. The van der Waals surface area contributed by atoms with E-state index in [0.29, 0.717) is 24.5 Å². The van der Waals surface area contributed by atoms with Gasteiger partial charge < -0.3 is 20.9 Å². The Hall–Kier alpha value is -3.33. The molecule has 0 bridgehead atoms. The lowest BCUT2D eigenvalue weighted by molar-refractivity contribution is -0.142. The van der Waals surface area contributed by atoms with Crippen molar-refractivity contribution in [3.63, 3.8) is 0 Å². The monoisotopic (exact) mass is 492 g/mol. The van der Waals surface area contributed by atoms with Crippen molar-refractivity contribution in [3.8, 4) is 11.4 Å². The van der Waals surface area contributed by atoms with E-state index in [1.165, 1.54) is 0 Å². The summed E-state index contributed by atoms with van der Waals surface area (Å²) in [5, 5.41) is 8.97. The molecule has 192 valence electrons. The lowest BCUT2D eigenvalue weighted by Crippen LogP contribution is -2.57. The number of nitrogens with one attached hydrogen (secondary N) is 3. The van der Waals surface area contributed by atoms with Crippen molar-refractivity contribution < 1.29 is 14.4 Å². The van der Waals surface area contributed by atoms with Gasteiger partial charge in [0.15, 0.2) is 5.82 Å². The number of likely N-dealkylation sites (N-methyl/N-ethyl adjacent to an activating group) is 1. The van der Waals surface area contributed by atoms with Gasteiger partial charge in [-0.25, -0.2) is 9.97 Å². The topological polar surface area (TPSA) is 116 Å². The van der Waals surface area contributed by atoms with Gasteiger partial charge in [0.1, 0.15) is 12.1 Å². The average molecular weight is 493 g/mol. The van der Waals surface area contributed by atoms with Crippen molar-refractivity contribution in [2.45, 2.75) is 70.0 Å². The molecule has 3 N–H and O–H groups in total. The van der Waals surface area contributed by atoms with E-state index in [0.717, 1.165) is 44.1 Å². The van der Waals surface area contributed by atoms with Crippen molar-refractivity contribution in [1.82, 2.24) is 25.5 Å². The predicted octanol–water partition coefficient (Wildman–Crippen LogP) is 2.75. The van der Waals surface area contributed by atoms with Crippen LogP contribution in [0.1, 0.15) is 51.9 Å². The Balaban J connectivity index is 1.52. The Labute approximate surface area is 212 Å². The van der Waals surface area contributed by atoms with Crippen molar-refractivity contribution in [3.05, 3.63) is 42.7 Å². The SMILES string of the molecule is CNC(C)C(=O)NC(C(=O)N1CCCC1C(=O)Nc1ccccc1-c1ncccn1)C1CCCCC1. The zero-order chi connectivity index (χ0) is 25.5. The molecule has 1 aromatic heterocycles. The normalized spacial score (nSPS) is 19.9. The number of amides is 3. The van der Waals surface area contributed by atoms with Crippen LogP contribution >= 0.6 is 0 Å². The molecule has 3 amide bonds. The summed E-state index contributed by atoms with van der Waals surface area (Å²) in [4.78, 5) is 50.3. The Morgan fingerprint density at radius 3 is 2.42 bits per heavy atom. The van der Waals surface area contributed by atoms with E-state index in [4.69, 9.17) is 0 Å². The van der Waals surface area contributed by atoms with Gasteiger partial charge in [-0.15, -0.1) is 0 Å². The fraction of sp³-hybridized carbons (Fsp3) is 0.519. The number of nitrogens with zero attached hydrogens (tertiary/aromatic N) is 3. The Morgan fingerprint density at radius 1 is 0.972 bits per heavy atom. The van der Waals surface area contributed by atoms with Crippen molar-refractivity contribution in [1.29, 1.82) is 0 Å². The molecule has 2 aromatic rings. The highest BCUT2D eigenvalue weighted by Gasteiger charge is 2.41. The van der Waals surface area contributed by atoms with Gasteiger partial charge in [0.05, 0.1) is 11.7 Å². The van der Waals surface area contributed by atoms with E-state index in [9.17, 15) is 14.4 Å². The van der Waals surface area contributed by atoms with Gasteiger partial charge in [-0.3, -0.25) is 14.4 Å². The molecule has 1 aliphatic carbocycles. The highest BCUT2D eigenvalue weighted by molar-refractivity contribution is 6.01. The molecule has 2 heterocycles. The van der Waals surface area contributed by atoms with Gasteiger partial charge in [0, 0.05) is 24.5 Å². The number of carbonyl (C=O) groups is 3.